The quantitative estimate of drug-likeness (QED) is 0.565. The van der Waals surface area contributed by atoms with Crippen molar-refractivity contribution in [3.05, 3.63) is 30.3 Å². The Labute approximate surface area is 118 Å². The van der Waals surface area contributed by atoms with Crippen molar-refractivity contribution in [3.63, 3.8) is 0 Å². The van der Waals surface area contributed by atoms with E-state index in [-0.39, 0.29) is 0 Å². The predicted octanol–water partition coefficient (Wildman–Crippen LogP) is 2.14. The molecule has 0 spiro atoms. The number of hydrogen-bond donors (Lipinski definition) is 2. The molecule has 0 fully saturated rings. The number of ether oxygens (including phenoxy) is 1. The maximum atomic E-state index is 12.3. The smallest absolute Gasteiger partial charge is 0.342 e. The van der Waals surface area contributed by atoms with Crippen LogP contribution in [0.15, 0.2) is 30.3 Å². The highest BCUT2D eigenvalue weighted by atomic mass is 31.2. The average Bonchev–Trinajstić information content (AvgIpc) is 2.45. The highest BCUT2D eigenvalue weighted by molar-refractivity contribution is 7.57. The number of para-hydroxylation sites is 1. The van der Waals surface area contributed by atoms with Gasteiger partial charge in [-0.15, -0.1) is 0 Å². The molecule has 2 atom stereocenters. The van der Waals surface area contributed by atoms with Crippen LogP contribution in [0, 0.1) is 0 Å². The van der Waals surface area contributed by atoms with Gasteiger partial charge in [-0.3, -0.25) is 9.36 Å². The topological polar surface area (TPSA) is 84.9 Å². The Morgan fingerprint density at radius 2 is 2.05 bits per heavy atom. The molecule has 0 amide bonds. The van der Waals surface area contributed by atoms with Crippen LogP contribution in [0.1, 0.15) is 20.3 Å². The van der Waals surface area contributed by atoms with Crippen molar-refractivity contribution in [1.29, 1.82) is 0 Å². The number of benzene rings is 1. The van der Waals surface area contributed by atoms with Crippen molar-refractivity contribution in [1.82, 2.24) is 5.09 Å². The van der Waals surface area contributed by atoms with Crippen molar-refractivity contribution >= 4 is 13.5 Å². The fourth-order valence-electron chi connectivity index (χ4n) is 1.42. The molecule has 0 saturated carbocycles. The van der Waals surface area contributed by atoms with E-state index in [1.165, 1.54) is 6.92 Å². The van der Waals surface area contributed by atoms with Gasteiger partial charge in [0, 0.05) is 0 Å². The minimum absolute atomic E-state index is 0.299. The van der Waals surface area contributed by atoms with Crippen molar-refractivity contribution in [2.75, 3.05) is 13.0 Å². The summed E-state index contributed by atoms with van der Waals surface area (Å²) in [6.45, 7) is 3.69. The molecule has 0 bridgehead atoms. The summed E-state index contributed by atoms with van der Waals surface area (Å²) in [7, 11) is -3.56. The normalized spacial score (nSPS) is 15.2. The molecule has 0 aliphatic heterocycles. The van der Waals surface area contributed by atoms with Crippen molar-refractivity contribution < 1.29 is 23.7 Å². The lowest BCUT2D eigenvalue weighted by atomic mass is 10.3. The number of rotatable bonds is 8. The monoisotopic (exact) mass is 301 g/mol. The molecule has 112 valence electrons. The number of hydrogen-bond acceptors (Lipinski definition) is 5. The molecule has 1 rings (SSSR count). The first-order valence-electron chi connectivity index (χ1n) is 6.39. The Bertz CT molecular complexity index is 465. The lowest BCUT2D eigenvalue weighted by molar-refractivity contribution is -0.145. The van der Waals surface area contributed by atoms with Crippen molar-refractivity contribution in [2.45, 2.75) is 26.3 Å². The number of aliphatic hydroxyl groups excluding tert-OH is 1. The second-order valence-corrected chi connectivity index (χ2v) is 6.31. The Balaban J connectivity index is 2.65. The summed E-state index contributed by atoms with van der Waals surface area (Å²) in [5.41, 5.74) is 0. The first-order chi connectivity index (χ1) is 9.50. The number of aliphatic hydroxyl groups is 1. The molecule has 0 radical (unpaired) electrons. The zero-order valence-corrected chi connectivity index (χ0v) is 12.5. The Morgan fingerprint density at radius 1 is 1.40 bits per heavy atom. The molecule has 1 aromatic carbocycles. The third-order valence-electron chi connectivity index (χ3n) is 2.37. The van der Waals surface area contributed by atoms with E-state index in [2.05, 4.69) is 5.09 Å². The molecule has 0 aliphatic carbocycles. The highest BCUT2D eigenvalue weighted by Gasteiger charge is 2.29. The molecule has 0 unspecified atom stereocenters. The fourth-order valence-corrected chi connectivity index (χ4v) is 2.77. The highest BCUT2D eigenvalue weighted by Crippen LogP contribution is 2.42. The van der Waals surface area contributed by atoms with Crippen molar-refractivity contribution in [3.8, 4) is 5.75 Å². The minimum atomic E-state index is -3.56. The average molecular weight is 301 g/mol. The zero-order valence-electron chi connectivity index (χ0n) is 11.6. The summed E-state index contributed by atoms with van der Waals surface area (Å²) in [4.78, 5) is 11.6. The molecular formula is C13H20NO5P. The number of carbonyl (C=O) groups excluding carboxylic acids is 1. The van der Waals surface area contributed by atoms with Crippen LogP contribution in [0.25, 0.3) is 0 Å². The van der Waals surface area contributed by atoms with Gasteiger partial charge in [0.2, 0.25) is 0 Å². The van der Waals surface area contributed by atoms with E-state index in [0.717, 1.165) is 0 Å². The summed E-state index contributed by atoms with van der Waals surface area (Å²) >= 11 is 0. The third-order valence-corrected chi connectivity index (χ3v) is 4.03. The van der Waals surface area contributed by atoms with Gasteiger partial charge in [0.1, 0.15) is 18.1 Å². The van der Waals surface area contributed by atoms with Crippen molar-refractivity contribution in [2.24, 2.45) is 0 Å². The summed E-state index contributed by atoms with van der Waals surface area (Å²) in [5, 5.41) is 11.8. The van der Waals surface area contributed by atoms with E-state index in [4.69, 9.17) is 9.26 Å². The van der Waals surface area contributed by atoms with Crippen LogP contribution < -0.4 is 9.61 Å². The van der Waals surface area contributed by atoms with E-state index in [1.807, 2.05) is 6.92 Å². The van der Waals surface area contributed by atoms with Gasteiger partial charge in [-0.05, 0) is 25.5 Å². The van der Waals surface area contributed by atoms with E-state index >= 15 is 0 Å². The molecule has 20 heavy (non-hydrogen) atoms. The SMILES string of the molecule is CCCOC(=O)[C@H](C)N[P@@](=O)(CO)Oc1ccccc1. The van der Waals surface area contributed by atoms with Gasteiger partial charge in [-0.1, -0.05) is 25.1 Å². The van der Waals surface area contributed by atoms with Crippen LogP contribution in [0.3, 0.4) is 0 Å². The van der Waals surface area contributed by atoms with Gasteiger partial charge in [0.15, 0.2) is 0 Å². The number of esters is 1. The Morgan fingerprint density at radius 3 is 2.60 bits per heavy atom. The number of carbonyl (C=O) groups is 1. The first-order valence-corrected chi connectivity index (χ1v) is 8.20. The molecule has 0 heterocycles. The lowest BCUT2D eigenvalue weighted by Crippen LogP contribution is -2.35. The summed E-state index contributed by atoms with van der Waals surface area (Å²) < 4.78 is 22.5. The summed E-state index contributed by atoms with van der Waals surface area (Å²) in [6.07, 6.45) is -0.00999. The van der Waals surface area contributed by atoms with Gasteiger partial charge in [-0.25, -0.2) is 5.09 Å². The van der Waals surface area contributed by atoms with Gasteiger partial charge >= 0.3 is 13.5 Å². The van der Waals surface area contributed by atoms with Crippen LogP contribution in [0.4, 0.5) is 0 Å². The van der Waals surface area contributed by atoms with Crippen LogP contribution in [0.5, 0.6) is 5.75 Å². The van der Waals surface area contributed by atoms with Gasteiger partial charge in [0.05, 0.1) is 6.61 Å². The molecule has 0 saturated heterocycles. The summed E-state index contributed by atoms with van der Waals surface area (Å²) in [5.74, 6) is -0.177. The Hall–Kier alpha value is -1.36. The molecule has 0 aromatic heterocycles. The largest absolute Gasteiger partial charge is 0.465 e. The van der Waals surface area contributed by atoms with Crippen LogP contribution in [-0.4, -0.2) is 30.1 Å². The van der Waals surface area contributed by atoms with Gasteiger partial charge < -0.3 is 14.4 Å². The Kier molecular flexibility index (Phi) is 6.71. The maximum Gasteiger partial charge on any atom is 0.342 e. The molecule has 1 aromatic rings. The minimum Gasteiger partial charge on any atom is -0.465 e. The molecular weight excluding hydrogens is 281 g/mol. The zero-order chi connectivity index (χ0) is 15.0. The van der Waals surface area contributed by atoms with E-state index < -0.39 is 25.9 Å². The fraction of sp³-hybridized carbons (Fsp3) is 0.462. The second-order valence-electron chi connectivity index (χ2n) is 4.24. The lowest BCUT2D eigenvalue weighted by Gasteiger charge is -2.21. The third kappa shape index (κ3) is 5.33. The number of nitrogens with one attached hydrogen (secondary N) is 1. The van der Waals surface area contributed by atoms with E-state index in [0.29, 0.717) is 18.8 Å². The first kappa shape index (κ1) is 16.7. The predicted molar refractivity (Wildman–Crippen MR) is 75.6 cm³/mol. The molecule has 2 N–H and O–H groups in total. The van der Waals surface area contributed by atoms with Crippen LogP contribution >= 0.6 is 7.52 Å². The molecule has 6 nitrogen and oxygen atoms in total. The van der Waals surface area contributed by atoms with Crippen LogP contribution in [-0.2, 0) is 14.1 Å². The van der Waals surface area contributed by atoms with E-state index in [9.17, 15) is 14.5 Å². The maximum absolute atomic E-state index is 12.3. The molecule has 7 heteroatoms. The summed E-state index contributed by atoms with van der Waals surface area (Å²) in [6, 6.07) is 7.62. The van der Waals surface area contributed by atoms with E-state index in [1.54, 1.807) is 30.3 Å². The second kappa shape index (κ2) is 8.04. The molecule has 0 aliphatic rings. The van der Waals surface area contributed by atoms with Gasteiger partial charge in [-0.2, -0.15) is 0 Å². The standard InChI is InChI=1S/C13H20NO5P/c1-3-9-18-13(16)11(2)14-20(17,10-15)19-12-7-5-4-6-8-12/h4-8,11,15H,3,9-10H2,1-2H3,(H,14,17)/t11-,20+/m0/s1. The van der Waals surface area contributed by atoms with Crippen LogP contribution in [0.2, 0.25) is 0 Å². The van der Waals surface area contributed by atoms with Gasteiger partial charge in [0.25, 0.3) is 0 Å².